The normalized spacial score (nSPS) is 16.6. The summed E-state index contributed by atoms with van der Waals surface area (Å²) in [7, 11) is 4.47. The number of benzene rings is 3. The molecule has 0 saturated carbocycles. The molecule has 4 rings (SSSR count). The highest BCUT2D eigenvalue weighted by molar-refractivity contribution is 6.46. The van der Waals surface area contributed by atoms with E-state index >= 15 is 0 Å². The molecular formula is C30H31NO7. The van der Waals surface area contributed by atoms with E-state index in [1.807, 2.05) is 26.0 Å². The Morgan fingerprint density at radius 3 is 2.08 bits per heavy atom. The minimum absolute atomic E-state index is 0.0162. The highest BCUT2D eigenvalue weighted by Crippen LogP contribution is 2.44. The standard InChI is InChI=1S/C30H31NO7/c1-18(2)38-21-14-12-20(13-15-21)27-26(28(32)25-23(36-4)10-7-11-24(25)37-5)29(33)30(34)31(27)17-19-8-6-9-22(16-19)35-3/h6-16,18,27,32H,17H2,1-5H3/b28-26+. The van der Waals surface area contributed by atoms with Gasteiger partial charge in [0.05, 0.1) is 39.0 Å². The van der Waals surface area contributed by atoms with Crippen LogP contribution in [0.2, 0.25) is 0 Å². The number of hydrogen-bond donors (Lipinski definition) is 1. The zero-order valence-corrected chi connectivity index (χ0v) is 22.1. The number of carbonyl (C=O) groups is 2. The van der Waals surface area contributed by atoms with Crippen LogP contribution in [0.25, 0.3) is 5.76 Å². The second-order valence-corrected chi connectivity index (χ2v) is 9.05. The molecule has 1 N–H and O–H groups in total. The smallest absolute Gasteiger partial charge is 0.295 e. The van der Waals surface area contributed by atoms with Gasteiger partial charge < -0.3 is 29.0 Å². The summed E-state index contributed by atoms with van der Waals surface area (Å²) in [5.74, 6) is -0.00932. The van der Waals surface area contributed by atoms with E-state index in [1.165, 1.54) is 19.1 Å². The predicted molar refractivity (Wildman–Crippen MR) is 143 cm³/mol. The molecule has 1 amide bonds. The van der Waals surface area contributed by atoms with Crippen LogP contribution >= 0.6 is 0 Å². The van der Waals surface area contributed by atoms with Gasteiger partial charge in [-0.05, 0) is 61.4 Å². The molecule has 1 unspecified atom stereocenters. The summed E-state index contributed by atoms with van der Waals surface area (Å²) in [6, 6.07) is 18.6. The molecule has 1 atom stereocenters. The largest absolute Gasteiger partial charge is 0.506 e. The first-order valence-electron chi connectivity index (χ1n) is 12.2. The summed E-state index contributed by atoms with van der Waals surface area (Å²) in [4.78, 5) is 28.4. The second-order valence-electron chi connectivity index (χ2n) is 9.05. The fourth-order valence-electron chi connectivity index (χ4n) is 4.58. The van der Waals surface area contributed by atoms with Gasteiger partial charge in [-0.25, -0.2) is 0 Å². The van der Waals surface area contributed by atoms with Gasteiger partial charge in [-0.15, -0.1) is 0 Å². The van der Waals surface area contributed by atoms with Crippen molar-refractivity contribution in [1.82, 2.24) is 4.90 Å². The van der Waals surface area contributed by atoms with Crippen molar-refractivity contribution in [2.75, 3.05) is 21.3 Å². The maximum Gasteiger partial charge on any atom is 0.295 e. The Kier molecular flexibility index (Phi) is 7.90. The van der Waals surface area contributed by atoms with Crippen LogP contribution in [0, 0.1) is 0 Å². The molecule has 1 aliphatic heterocycles. The molecule has 3 aromatic carbocycles. The number of hydrogen-bond acceptors (Lipinski definition) is 7. The number of aliphatic hydroxyl groups excluding tert-OH is 1. The van der Waals surface area contributed by atoms with Crippen LogP contribution in [-0.2, 0) is 16.1 Å². The van der Waals surface area contributed by atoms with Crippen molar-refractivity contribution >= 4 is 17.4 Å². The molecule has 0 bridgehead atoms. The van der Waals surface area contributed by atoms with Crippen LogP contribution in [-0.4, -0.2) is 49.1 Å². The SMILES string of the molecule is COc1cccc(CN2C(=O)C(=O)/C(=C(/O)c3c(OC)cccc3OC)C2c2ccc(OC(C)C)cc2)c1. The molecule has 0 aliphatic carbocycles. The van der Waals surface area contributed by atoms with Crippen LogP contribution in [0.15, 0.2) is 72.3 Å². The number of nitrogens with zero attached hydrogens (tertiary/aromatic N) is 1. The fourth-order valence-corrected chi connectivity index (χ4v) is 4.58. The third-order valence-electron chi connectivity index (χ3n) is 6.26. The van der Waals surface area contributed by atoms with Crippen molar-refractivity contribution in [3.8, 4) is 23.0 Å². The summed E-state index contributed by atoms with van der Waals surface area (Å²) in [6.45, 7) is 3.98. The molecule has 0 aromatic heterocycles. The number of rotatable bonds is 9. The van der Waals surface area contributed by atoms with Gasteiger partial charge in [0.15, 0.2) is 0 Å². The highest BCUT2D eigenvalue weighted by Gasteiger charge is 2.46. The van der Waals surface area contributed by atoms with Gasteiger partial charge in [0.25, 0.3) is 11.7 Å². The third kappa shape index (κ3) is 5.16. The number of ketones is 1. The topological polar surface area (TPSA) is 94.5 Å². The molecule has 8 heteroatoms. The van der Waals surface area contributed by atoms with Crippen LogP contribution in [0.5, 0.6) is 23.0 Å². The van der Waals surface area contributed by atoms with E-state index in [2.05, 4.69) is 0 Å². The summed E-state index contributed by atoms with van der Waals surface area (Å²) < 4.78 is 22.0. The number of likely N-dealkylation sites (tertiary alicyclic amines) is 1. The fraction of sp³-hybridized carbons (Fsp3) is 0.267. The van der Waals surface area contributed by atoms with E-state index in [0.29, 0.717) is 28.6 Å². The molecule has 1 fully saturated rings. The number of aliphatic hydroxyl groups is 1. The molecular weight excluding hydrogens is 486 g/mol. The first-order valence-corrected chi connectivity index (χ1v) is 12.2. The van der Waals surface area contributed by atoms with E-state index in [9.17, 15) is 14.7 Å². The molecule has 0 radical (unpaired) electrons. The van der Waals surface area contributed by atoms with E-state index in [0.717, 1.165) is 5.56 Å². The van der Waals surface area contributed by atoms with Crippen molar-refractivity contribution in [3.63, 3.8) is 0 Å². The number of amides is 1. The molecule has 8 nitrogen and oxygen atoms in total. The summed E-state index contributed by atoms with van der Waals surface area (Å²) in [6.07, 6.45) is -0.0162. The Balaban J connectivity index is 1.89. The van der Waals surface area contributed by atoms with Crippen LogP contribution in [0.3, 0.4) is 0 Å². The minimum atomic E-state index is -0.871. The molecule has 198 valence electrons. The monoisotopic (exact) mass is 517 g/mol. The first-order chi connectivity index (χ1) is 18.3. The lowest BCUT2D eigenvalue weighted by Gasteiger charge is -2.26. The van der Waals surface area contributed by atoms with Gasteiger partial charge in [-0.1, -0.05) is 30.3 Å². The Labute approximate surface area is 222 Å². The van der Waals surface area contributed by atoms with E-state index in [-0.39, 0.29) is 29.5 Å². The Morgan fingerprint density at radius 1 is 0.868 bits per heavy atom. The molecule has 3 aromatic rings. The van der Waals surface area contributed by atoms with Gasteiger partial charge in [0.2, 0.25) is 0 Å². The van der Waals surface area contributed by atoms with Crippen LogP contribution in [0.4, 0.5) is 0 Å². The van der Waals surface area contributed by atoms with Crippen molar-refractivity contribution in [1.29, 1.82) is 0 Å². The lowest BCUT2D eigenvalue weighted by atomic mass is 9.94. The zero-order chi connectivity index (χ0) is 27.4. The number of carbonyl (C=O) groups excluding carboxylic acids is 2. The molecule has 1 aliphatic rings. The van der Waals surface area contributed by atoms with E-state index in [4.69, 9.17) is 18.9 Å². The molecule has 1 heterocycles. The van der Waals surface area contributed by atoms with E-state index < -0.39 is 17.7 Å². The number of methoxy groups -OCH3 is 3. The first kappa shape index (κ1) is 26.6. The Bertz CT molecular complexity index is 1340. The average Bonchev–Trinajstić information content (AvgIpc) is 3.17. The molecule has 0 spiro atoms. The van der Waals surface area contributed by atoms with Crippen molar-refractivity contribution in [3.05, 3.63) is 89.0 Å². The molecule has 38 heavy (non-hydrogen) atoms. The minimum Gasteiger partial charge on any atom is -0.506 e. The van der Waals surface area contributed by atoms with Gasteiger partial charge >= 0.3 is 0 Å². The Hall–Kier alpha value is -4.46. The van der Waals surface area contributed by atoms with Crippen molar-refractivity contribution < 1.29 is 33.6 Å². The van der Waals surface area contributed by atoms with Crippen LogP contribution in [0.1, 0.15) is 36.6 Å². The van der Waals surface area contributed by atoms with Crippen molar-refractivity contribution in [2.24, 2.45) is 0 Å². The Morgan fingerprint density at radius 2 is 1.50 bits per heavy atom. The number of Topliss-reactive ketones (excluding diaryl/α,β-unsaturated/α-hetero) is 1. The lowest BCUT2D eigenvalue weighted by Crippen LogP contribution is -2.29. The average molecular weight is 518 g/mol. The zero-order valence-electron chi connectivity index (χ0n) is 22.1. The van der Waals surface area contributed by atoms with Gasteiger partial charge in [0.1, 0.15) is 34.3 Å². The van der Waals surface area contributed by atoms with Gasteiger partial charge in [-0.2, -0.15) is 0 Å². The summed E-state index contributed by atoms with van der Waals surface area (Å²) >= 11 is 0. The highest BCUT2D eigenvalue weighted by atomic mass is 16.5. The second kappa shape index (κ2) is 11.3. The predicted octanol–water partition coefficient (Wildman–Crippen LogP) is 5.12. The third-order valence-corrected chi connectivity index (χ3v) is 6.26. The maximum atomic E-state index is 13.5. The number of ether oxygens (including phenoxy) is 4. The van der Waals surface area contributed by atoms with Crippen molar-refractivity contribution in [2.45, 2.75) is 32.5 Å². The quantitative estimate of drug-likeness (QED) is 0.239. The van der Waals surface area contributed by atoms with Gasteiger partial charge in [0, 0.05) is 6.54 Å². The van der Waals surface area contributed by atoms with Crippen LogP contribution < -0.4 is 18.9 Å². The van der Waals surface area contributed by atoms with Gasteiger partial charge in [-0.3, -0.25) is 9.59 Å². The lowest BCUT2D eigenvalue weighted by molar-refractivity contribution is -0.140. The van der Waals surface area contributed by atoms with E-state index in [1.54, 1.807) is 61.7 Å². The maximum absolute atomic E-state index is 13.5. The summed E-state index contributed by atoms with van der Waals surface area (Å²) in [5, 5.41) is 11.6. The summed E-state index contributed by atoms with van der Waals surface area (Å²) in [5.41, 5.74) is 1.55. The molecule has 1 saturated heterocycles.